The molecular weight excluding hydrogens is 376 g/mol. The Balaban J connectivity index is 0.00000676. The van der Waals surface area contributed by atoms with E-state index in [1.54, 1.807) is 0 Å². The molecule has 3 amide bonds. The smallest absolute Gasteiger partial charge is 0.325 e. The molecule has 0 aromatic heterocycles. The molecule has 0 fully saturated rings. The van der Waals surface area contributed by atoms with Gasteiger partial charge in [0.1, 0.15) is 6.54 Å². The lowest BCUT2D eigenvalue weighted by molar-refractivity contribution is -0.139. The Labute approximate surface area is 163 Å². The molecule has 0 heterocycles. The molecule has 5 N–H and O–H groups in total. The van der Waals surface area contributed by atoms with E-state index in [0.717, 1.165) is 0 Å². The van der Waals surface area contributed by atoms with E-state index in [2.05, 4.69) is 20.7 Å². The first-order valence-electron chi connectivity index (χ1n) is 8.02. The molecule has 150 valence electrons. The third-order valence-corrected chi connectivity index (χ3v) is 3.50. The first-order chi connectivity index (χ1) is 12.2. The number of carbonyl (C=O) groups excluding carboxylic acids is 4. The first-order valence-corrected chi connectivity index (χ1v) is 8.02. The standard InChI is InChI=1S/C17H24N4O5.ClH/c1-10(2)15(18)17(25)19-8-13(22)21-12-6-4-11(5-7-12)16(24)20-9-14(23)26-3;/h4-7,10,15H,8-9,18H2,1-3H3,(H,19,25)(H,20,24)(H,21,22);1H/t15-;/m0./s1. The Hall–Kier alpha value is -2.65. The van der Waals surface area contributed by atoms with Crippen LogP contribution in [-0.2, 0) is 19.1 Å². The lowest BCUT2D eigenvalue weighted by Crippen LogP contribution is -2.46. The second-order valence-electron chi connectivity index (χ2n) is 5.87. The molecule has 0 spiro atoms. The van der Waals surface area contributed by atoms with Crippen LogP contribution in [0, 0.1) is 5.92 Å². The third-order valence-electron chi connectivity index (χ3n) is 3.50. The number of ether oxygens (including phenoxy) is 1. The maximum Gasteiger partial charge on any atom is 0.325 e. The summed E-state index contributed by atoms with van der Waals surface area (Å²) in [5, 5.41) is 7.46. The number of benzene rings is 1. The fourth-order valence-electron chi connectivity index (χ4n) is 1.82. The summed E-state index contributed by atoms with van der Waals surface area (Å²) in [5.74, 6) is -1.84. The number of rotatable bonds is 8. The summed E-state index contributed by atoms with van der Waals surface area (Å²) < 4.78 is 4.43. The molecule has 0 radical (unpaired) electrons. The van der Waals surface area contributed by atoms with Gasteiger partial charge in [-0.2, -0.15) is 0 Å². The number of amides is 3. The molecule has 0 aliphatic heterocycles. The van der Waals surface area contributed by atoms with Crippen LogP contribution in [0.15, 0.2) is 24.3 Å². The molecule has 0 bridgehead atoms. The number of anilines is 1. The lowest BCUT2D eigenvalue weighted by atomic mass is 10.1. The van der Waals surface area contributed by atoms with Gasteiger partial charge in [0.2, 0.25) is 11.8 Å². The Bertz CT molecular complexity index is 664. The Morgan fingerprint density at radius 2 is 1.63 bits per heavy atom. The van der Waals surface area contributed by atoms with E-state index >= 15 is 0 Å². The maximum absolute atomic E-state index is 11.8. The summed E-state index contributed by atoms with van der Waals surface area (Å²) >= 11 is 0. The molecular formula is C17H25ClN4O5. The number of halogens is 1. The predicted molar refractivity (Wildman–Crippen MR) is 102 cm³/mol. The van der Waals surface area contributed by atoms with Crippen molar-refractivity contribution in [2.45, 2.75) is 19.9 Å². The number of nitrogens with one attached hydrogen (secondary N) is 3. The average Bonchev–Trinajstić information content (AvgIpc) is 2.63. The van der Waals surface area contributed by atoms with E-state index < -0.39 is 29.7 Å². The second-order valence-corrected chi connectivity index (χ2v) is 5.87. The molecule has 0 aliphatic rings. The van der Waals surface area contributed by atoms with E-state index in [1.165, 1.54) is 31.4 Å². The van der Waals surface area contributed by atoms with Crippen molar-refractivity contribution >= 4 is 41.8 Å². The molecule has 27 heavy (non-hydrogen) atoms. The van der Waals surface area contributed by atoms with Gasteiger partial charge in [-0.1, -0.05) is 13.8 Å². The molecule has 10 heteroatoms. The summed E-state index contributed by atoms with van der Waals surface area (Å²) in [5.41, 5.74) is 6.47. The monoisotopic (exact) mass is 400 g/mol. The molecule has 0 unspecified atom stereocenters. The van der Waals surface area contributed by atoms with Crippen LogP contribution in [0.25, 0.3) is 0 Å². The number of hydrogen-bond donors (Lipinski definition) is 4. The molecule has 0 saturated heterocycles. The van der Waals surface area contributed by atoms with Gasteiger partial charge in [-0.3, -0.25) is 19.2 Å². The maximum atomic E-state index is 11.8. The summed E-state index contributed by atoms with van der Waals surface area (Å²) in [6.45, 7) is 3.19. The van der Waals surface area contributed by atoms with Gasteiger partial charge >= 0.3 is 5.97 Å². The Kier molecular flexibility index (Phi) is 10.7. The highest BCUT2D eigenvalue weighted by atomic mass is 35.5. The SMILES string of the molecule is COC(=O)CNC(=O)c1ccc(NC(=O)CNC(=O)[C@@H](N)C(C)C)cc1.Cl. The minimum atomic E-state index is -0.675. The van der Waals surface area contributed by atoms with E-state index in [-0.39, 0.29) is 31.4 Å². The average molecular weight is 401 g/mol. The van der Waals surface area contributed by atoms with Crippen molar-refractivity contribution in [1.82, 2.24) is 10.6 Å². The van der Waals surface area contributed by atoms with Crippen LogP contribution in [0.4, 0.5) is 5.69 Å². The van der Waals surface area contributed by atoms with Gasteiger partial charge in [0.25, 0.3) is 5.91 Å². The predicted octanol–water partition coefficient (Wildman–Crippen LogP) is 0.0492. The van der Waals surface area contributed by atoms with Gasteiger partial charge in [0, 0.05) is 11.3 Å². The Morgan fingerprint density at radius 3 is 2.15 bits per heavy atom. The fourth-order valence-corrected chi connectivity index (χ4v) is 1.82. The quantitative estimate of drug-likeness (QED) is 0.454. The van der Waals surface area contributed by atoms with Crippen molar-refractivity contribution in [3.05, 3.63) is 29.8 Å². The molecule has 0 saturated carbocycles. The van der Waals surface area contributed by atoms with Gasteiger partial charge in [-0.15, -0.1) is 12.4 Å². The second kappa shape index (κ2) is 11.9. The van der Waals surface area contributed by atoms with Gasteiger partial charge < -0.3 is 26.4 Å². The van der Waals surface area contributed by atoms with Crippen LogP contribution >= 0.6 is 12.4 Å². The topological polar surface area (TPSA) is 140 Å². The van der Waals surface area contributed by atoms with Crippen LogP contribution in [0.1, 0.15) is 24.2 Å². The van der Waals surface area contributed by atoms with Crippen molar-refractivity contribution in [2.24, 2.45) is 11.7 Å². The number of nitrogens with two attached hydrogens (primary N) is 1. The molecule has 1 atom stereocenters. The summed E-state index contributed by atoms with van der Waals surface area (Å²) in [6.07, 6.45) is 0. The van der Waals surface area contributed by atoms with Crippen molar-refractivity contribution in [3.8, 4) is 0 Å². The number of carbonyl (C=O) groups is 4. The highest BCUT2D eigenvalue weighted by molar-refractivity contribution is 5.98. The van der Waals surface area contributed by atoms with E-state index in [0.29, 0.717) is 11.3 Å². The summed E-state index contributed by atoms with van der Waals surface area (Å²) in [6, 6.07) is 5.38. The van der Waals surface area contributed by atoms with E-state index in [9.17, 15) is 19.2 Å². The van der Waals surface area contributed by atoms with Crippen LogP contribution < -0.4 is 21.7 Å². The van der Waals surface area contributed by atoms with Gasteiger partial charge in [0.05, 0.1) is 19.7 Å². The van der Waals surface area contributed by atoms with Crippen LogP contribution in [-0.4, -0.2) is 49.9 Å². The molecule has 1 aromatic rings. The van der Waals surface area contributed by atoms with Crippen molar-refractivity contribution in [1.29, 1.82) is 0 Å². The highest BCUT2D eigenvalue weighted by Crippen LogP contribution is 2.09. The molecule has 1 rings (SSSR count). The van der Waals surface area contributed by atoms with Crippen LogP contribution in [0.2, 0.25) is 0 Å². The van der Waals surface area contributed by atoms with E-state index in [1.807, 2.05) is 13.8 Å². The third kappa shape index (κ3) is 8.52. The minimum absolute atomic E-state index is 0. The fraction of sp³-hybridized carbons (Fsp3) is 0.412. The minimum Gasteiger partial charge on any atom is -0.468 e. The number of esters is 1. The number of hydrogen-bond acceptors (Lipinski definition) is 6. The van der Waals surface area contributed by atoms with Crippen molar-refractivity contribution in [2.75, 3.05) is 25.5 Å². The zero-order chi connectivity index (χ0) is 19.7. The molecule has 9 nitrogen and oxygen atoms in total. The van der Waals surface area contributed by atoms with Crippen molar-refractivity contribution in [3.63, 3.8) is 0 Å². The van der Waals surface area contributed by atoms with Gasteiger partial charge in [-0.05, 0) is 30.2 Å². The van der Waals surface area contributed by atoms with Crippen molar-refractivity contribution < 1.29 is 23.9 Å². The van der Waals surface area contributed by atoms with Gasteiger partial charge in [0.15, 0.2) is 0 Å². The summed E-state index contributed by atoms with van der Waals surface area (Å²) in [7, 11) is 1.23. The lowest BCUT2D eigenvalue weighted by Gasteiger charge is -2.15. The van der Waals surface area contributed by atoms with Crippen LogP contribution in [0.3, 0.4) is 0 Å². The Morgan fingerprint density at radius 1 is 1.04 bits per heavy atom. The number of methoxy groups -OCH3 is 1. The first kappa shape index (κ1) is 24.4. The van der Waals surface area contributed by atoms with Gasteiger partial charge in [-0.25, -0.2) is 0 Å². The normalized spacial score (nSPS) is 11.0. The largest absolute Gasteiger partial charge is 0.468 e. The molecule has 1 aromatic carbocycles. The zero-order valence-corrected chi connectivity index (χ0v) is 16.2. The highest BCUT2D eigenvalue weighted by Gasteiger charge is 2.17. The van der Waals surface area contributed by atoms with E-state index in [4.69, 9.17) is 5.73 Å². The van der Waals surface area contributed by atoms with Crippen LogP contribution in [0.5, 0.6) is 0 Å². The summed E-state index contributed by atoms with van der Waals surface area (Å²) in [4.78, 5) is 46.4. The zero-order valence-electron chi connectivity index (χ0n) is 15.4. The molecule has 0 aliphatic carbocycles.